The Bertz CT molecular complexity index is 728. The average Bonchev–Trinajstić information content (AvgIpc) is 3.27. The Morgan fingerprint density at radius 1 is 1.15 bits per heavy atom. The molecule has 2 aromatic rings. The Hall–Kier alpha value is -1.62. The van der Waals surface area contributed by atoms with E-state index in [0.29, 0.717) is 12.3 Å². The largest absolute Gasteiger partial charge is 0.443 e. The highest BCUT2D eigenvalue weighted by atomic mass is 16.5. The van der Waals surface area contributed by atoms with Gasteiger partial charge in [0, 0.05) is 19.2 Å². The number of nitrogens with zero attached hydrogens (tertiary/aromatic N) is 2. The van der Waals surface area contributed by atoms with Gasteiger partial charge in [0.1, 0.15) is 5.76 Å². The van der Waals surface area contributed by atoms with Crippen molar-refractivity contribution in [1.29, 1.82) is 0 Å². The number of unbranched alkanes of at least 4 members (excludes halogenated alkanes) is 7. The molecule has 1 fully saturated rings. The second-order valence-electron chi connectivity index (χ2n) is 7.51. The molecule has 3 heterocycles. The molecule has 1 atom stereocenters. The summed E-state index contributed by atoms with van der Waals surface area (Å²) in [7, 11) is 0. The standard InChI is InChI=1S/C21H32N2O3/c1-2-3-4-5-6-7-8-9-11-18-14-17-15-23(16-19-12-10-13-25-19)21(24)22-20(17)26-18/h14-15,19H,2-13,16H2,1H3. The first-order valence-electron chi connectivity index (χ1n) is 10.4. The van der Waals surface area contributed by atoms with Gasteiger partial charge in [0.05, 0.1) is 18.0 Å². The molecule has 26 heavy (non-hydrogen) atoms. The van der Waals surface area contributed by atoms with Crippen molar-refractivity contribution in [1.82, 2.24) is 9.55 Å². The monoisotopic (exact) mass is 360 g/mol. The molecule has 0 radical (unpaired) electrons. The van der Waals surface area contributed by atoms with Gasteiger partial charge in [0.2, 0.25) is 5.71 Å². The quantitative estimate of drug-likeness (QED) is 0.537. The molecule has 144 valence electrons. The number of aryl methyl sites for hydroxylation is 1. The molecule has 0 spiro atoms. The lowest BCUT2D eigenvalue weighted by Crippen LogP contribution is -2.27. The van der Waals surface area contributed by atoms with Crippen LogP contribution in [0.4, 0.5) is 0 Å². The Kier molecular flexibility index (Phi) is 7.30. The van der Waals surface area contributed by atoms with Crippen LogP contribution in [0.25, 0.3) is 11.1 Å². The third kappa shape index (κ3) is 5.44. The minimum absolute atomic E-state index is 0.135. The molecule has 0 saturated carbocycles. The number of furan rings is 1. The minimum Gasteiger partial charge on any atom is -0.443 e. The zero-order valence-corrected chi connectivity index (χ0v) is 16.0. The van der Waals surface area contributed by atoms with Gasteiger partial charge in [-0.05, 0) is 25.3 Å². The number of rotatable bonds is 11. The first-order chi connectivity index (χ1) is 12.8. The molecule has 1 aliphatic heterocycles. The summed E-state index contributed by atoms with van der Waals surface area (Å²) in [6.07, 6.45) is 15.4. The molecule has 5 nitrogen and oxygen atoms in total. The molecule has 1 unspecified atom stereocenters. The van der Waals surface area contributed by atoms with Gasteiger partial charge in [0.15, 0.2) is 0 Å². The van der Waals surface area contributed by atoms with Gasteiger partial charge >= 0.3 is 5.69 Å². The van der Waals surface area contributed by atoms with Crippen molar-refractivity contribution in [3.8, 4) is 0 Å². The summed E-state index contributed by atoms with van der Waals surface area (Å²) in [5.74, 6) is 0.938. The predicted octanol–water partition coefficient (Wildman–Crippen LogP) is 4.85. The van der Waals surface area contributed by atoms with E-state index in [-0.39, 0.29) is 11.8 Å². The van der Waals surface area contributed by atoms with Crippen molar-refractivity contribution < 1.29 is 9.15 Å². The lowest BCUT2D eigenvalue weighted by Gasteiger charge is -2.10. The summed E-state index contributed by atoms with van der Waals surface area (Å²) in [4.78, 5) is 16.3. The first-order valence-corrected chi connectivity index (χ1v) is 10.4. The Morgan fingerprint density at radius 2 is 1.92 bits per heavy atom. The van der Waals surface area contributed by atoms with E-state index in [1.165, 1.54) is 44.9 Å². The van der Waals surface area contributed by atoms with Crippen molar-refractivity contribution in [2.75, 3.05) is 6.61 Å². The van der Waals surface area contributed by atoms with Crippen LogP contribution in [0, 0.1) is 0 Å². The first kappa shape index (κ1) is 19.2. The number of hydrogen-bond donors (Lipinski definition) is 0. The molecular weight excluding hydrogens is 328 g/mol. The maximum atomic E-state index is 12.2. The molecule has 2 aromatic heterocycles. The minimum atomic E-state index is -0.249. The highest BCUT2D eigenvalue weighted by molar-refractivity contribution is 5.72. The van der Waals surface area contributed by atoms with Crippen molar-refractivity contribution in [2.45, 2.75) is 90.2 Å². The van der Waals surface area contributed by atoms with Crippen LogP contribution in [-0.2, 0) is 17.7 Å². The zero-order valence-electron chi connectivity index (χ0n) is 16.0. The smallest absolute Gasteiger partial charge is 0.350 e. The van der Waals surface area contributed by atoms with Crippen LogP contribution in [0.5, 0.6) is 0 Å². The summed E-state index contributed by atoms with van der Waals surface area (Å²) in [5.41, 5.74) is 0.217. The van der Waals surface area contributed by atoms with E-state index in [2.05, 4.69) is 11.9 Å². The van der Waals surface area contributed by atoms with Crippen LogP contribution in [0.15, 0.2) is 21.5 Å². The molecule has 5 heteroatoms. The van der Waals surface area contributed by atoms with E-state index in [0.717, 1.165) is 43.4 Å². The fourth-order valence-electron chi connectivity index (χ4n) is 3.70. The summed E-state index contributed by atoms with van der Waals surface area (Å²) in [6.45, 7) is 3.63. The molecular formula is C21H32N2O3. The lowest BCUT2D eigenvalue weighted by atomic mass is 10.1. The van der Waals surface area contributed by atoms with Crippen molar-refractivity contribution in [3.05, 3.63) is 28.5 Å². The second-order valence-corrected chi connectivity index (χ2v) is 7.51. The maximum absolute atomic E-state index is 12.2. The second kappa shape index (κ2) is 9.91. The van der Waals surface area contributed by atoms with E-state index < -0.39 is 0 Å². The maximum Gasteiger partial charge on any atom is 0.350 e. The van der Waals surface area contributed by atoms with Crippen LogP contribution in [-0.4, -0.2) is 22.3 Å². The molecule has 3 rings (SSSR count). The fourth-order valence-corrected chi connectivity index (χ4v) is 3.70. The van der Waals surface area contributed by atoms with E-state index in [4.69, 9.17) is 9.15 Å². The van der Waals surface area contributed by atoms with Gasteiger partial charge in [-0.15, -0.1) is 0 Å². The van der Waals surface area contributed by atoms with Gasteiger partial charge in [-0.2, -0.15) is 4.98 Å². The van der Waals surface area contributed by atoms with Gasteiger partial charge in [0.25, 0.3) is 0 Å². The molecule has 0 aromatic carbocycles. The number of fused-ring (bicyclic) bond motifs is 1. The molecule has 0 bridgehead atoms. The van der Waals surface area contributed by atoms with Crippen LogP contribution in [0.2, 0.25) is 0 Å². The Balaban J connectivity index is 1.48. The van der Waals surface area contributed by atoms with Crippen molar-refractivity contribution in [3.63, 3.8) is 0 Å². The van der Waals surface area contributed by atoms with E-state index in [9.17, 15) is 4.79 Å². The third-order valence-corrected chi connectivity index (χ3v) is 5.23. The molecule has 0 N–H and O–H groups in total. The van der Waals surface area contributed by atoms with Crippen LogP contribution >= 0.6 is 0 Å². The van der Waals surface area contributed by atoms with Gasteiger partial charge in [-0.25, -0.2) is 4.79 Å². The SMILES string of the molecule is CCCCCCCCCCc1cc2cn(CC3CCCO3)c(=O)nc2o1. The summed E-state index contributed by atoms with van der Waals surface area (Å²) < 4.78 is 13.1. The number of ether oxygens (including phenoxy) is 1. The highest BCUT2D eigenvalue weighted by Crippen LogP contribution is 2.19. The van der Waals surface area contributed by atoms with Crippen LogP contribution in [0.3, 0.4) is 0 Å². The summed E-state index contributed by atoms with van der Waals surface area (Å²) in [5, 5.41) is 0.914. The molecule has 0 aliphatic carbocycles. The van der Waals surface area contributed by atoms with E-state index in [1.807, 2.05) is 12.3 Å². The molecule has 0 amide bonds. The van der Waals surface area contributed by atoms with Gasteiger partial charge < -0.3 is 9.15 Å². The summed E-state index contributed by atoms with van der Waals surface area (Å²) >= 11 is 0. The van der Waals surface area contributed by atoms with Crippen molar-refractivity contribution >= 4 is 11.1 Å². The predicted molar refractivity (Wildman–Crippen MR) is 104 cm³/mol. The van der Waals surface area contributed by atoms with Gasteiger partial charge in [-0.3, -0.25) is 4.57 Å². The average molecular weight is 360 g/mol. The number of aromatic nitrogens is 2. The van der Waals surface area contributed by atoms with E-state index >= 15 is 0 Å². The zero-order chi connectivity index (χ0) is 18.2. The van der Waals surface area contributed by atoms with Crippen LogP contribution < -0.4 is 5.69 Å². The molecule has 1 saturated heterocycles. The van der Waals surface area contributed by atoms with Gasteiger partial charge in [-0.1, -0.05) is 51.9 Å². The third-order valence-electron chi connectivity index (χ3n) is 5.23. The van der Waals surface area contributed by atoms with Crippen molar-refractivity contribution in [2.24, 2.45) is 0 Å². The number of hydrogen-bond acceptors (Lipinski definition) is 4. The lowest BCUT2D eigenvalue weighted by molar-refractivity contribution is 0.0959. The normalized spacial score (nSPS) is 17.3. The summed E-state index contributed by atoms with van der Waals surface area (Å²) in [6, 6.07) is 2.04. The topological polar surface area (TPSA) is 57.3 Å². The Morgan fingerprint density at radius 3 is 2.65 bits per heavy atom. The Labute approximate surface area is 155 Å². The fraction of sp³-hybridized carbons (Fsp3) is 0.714. The molecule has 1 aliphatic rings. The van der Waals surface area contributed by atoms with Crippen LogP contribution in [0.1, 0.15) is 76.9 Å². The van der Waals surface area contributed by atoms with E-state index in [1.54, 1.807) is 4.57 Å². The highest BCUT2D eigenvalue weighted by Gasteiger charge is 2.17.